The van der Waals surface area contributed by atoms with Crippen molar-refractivity contribution in [3.63, 3.8) is 0 Å². The van der Waals surface area contributed by atoms with Crippen molar-refractivity contribution in [3.8, 4) is 22.6 Å². The van der Waals surface area contributed by atoms with Gasteiger partial charge >= 0.3 is 0 Å². The lowest BCUT2D eigenvalue weighted by Gasteiger charge is -2.29. The van der Waals surface area contributed by atoms with Crippen LogP contribution < -0.4 is 14.8 Å². The summed E-state index contributed by atoms with van der Waals surface area (Å²) in [5.74, 6) is 1.81. The van der Waals surface area contributed by atoms with Crippen molar-refractivity contribution in [3.05, 3.63) is 42.5 Å². The summed E-state index contributed by atoms with van der Waals surface area (Å²) in [6.07, 6.45) is 2.52. The molecule has 0 unspecified atom stereocenters. The largest absolute Gasteiger partial charge is 0.496 e. The molecule has 24 heavy (non-hydrogen) atoms. The molecule has 2 aromatic carbocycles. The molecule has 0 aromatic heterocycles. The van der Waals surface area contributed by atoms with E-state index < -0.39 is 0 Å². The van der Waals surface area contributed by atoms with Gasteiger partial charge in [0.1, 0.15) is 17.6 Å². The van der Waals surface area contributed by atoms with Crippen LogP contribution in [0.1, 0.15) is 12.8 Å². The topological polar surface area (TPSA) is 33.7 Å². The van der Waals surface area contributed by atoms with Gasteiger partial charge in [0.25, 0.3) is 0 Å². The minimum atomic E-state index is 0.330. The number of hydrogen-bond donors (Lipinski definition) is 1. The SMILES string of the molecule is CNc1ccc(-c2ccc(OC3CCN(C)CC3)cc2)c(OC)c1. The van der Waals surface area contributed by atoms with Crippen LogP contribution in [-0.4, -0.2) is 45.3 Å². The van der Waals surface area contributed by atoms with Crippen LogP contribution in [0, 0.1) is 0 Å². The van der Waals surface area contributed by atoms with E-state index >= 15 is 0 Å². The number of ether oxygens (including phenoxy) is 2. The number of benzene rings is 2. The van der Waals surface area contributed by atoms with Crippen molar-refractivity contribution in [1.29, 1.82) is 0 Å². The van der Waals surface area contributed by atoms with E-state index in [1.54, 1.807) is 7.11 Å². The number of nitrogens with one attached hydrogen (secondary N) is 1. The summed E-state index contributed by atoms with van der Waals surface area (Å²) in [6, 6.07) is 14.5. The third-order valence-electron chi connectivity index (χ3n) is 4.62. The number of likely N-dealkylation sites (tertiary alicyclic amines) is 1. The second-order valence-electron chi connectivity index (χ2n) is 6.31. The van der Waals surface area contributed by atoms with E-state index in [0.29, 0.717) is 6.10 Å². The van der Waals surface area contributed by atoms with Gasteiger partial charge in [-0.15, -0.1) is 0 Å². The van der Waals surface area contributed by atoms with Crippen molar-refractivity contribution < 1.29 is 9.47 Å². The van der Waals surface area contributed by atoms with Gasteiger partial charge in [0.15, 0.2) is 0 Å². The highest BCUT2D eigenvalue weighted by Crippen LogP contribution is 2.33. The molecule has 3 rings (SSSR count). The Morgan fingerprint density at radius 1 is 1.04 bits per heavy atom. The first-order valence-electron chi connectivity index (χ1n) is 8.51. The first-order chi connectivity index (χ1) is 11.7. The van der Waals surface area contributed by atoms with Crippen LogP contribution >= 0.6 is 0 Å². The van der Waals surface area contributed by atoms with Crippen molar-refractivity contribution in [2.75, 3.05) is 39.6 Å². The molecule has 0 amide bonds. The molecule has 1 aliphatic heterocycles. The first-order valence-corrected chi connectivity index (χ1v) is 8.51. The molecule has 0 saturated carbocycles. The predicted molar refractivity (Wildman–Crippen MR) is 99.1 cm³/mol. The third-order valence-corrected chi connectivity index (χ3v) is 4.62. The van der Waals surface area contributed by atoms with Crippen LogP contribution in [0.4, 0.5) is 5.69 Å². The van der Waals surface area contributed by atoms with Crippen molar-refractivity contribution in [2.24, 2.45) is 0 Å². The minimum Gasteiger partial charge on any atom is -0.496 e. The normalized spacial score (nSPS) is 16.0. The number of piperidine rings is 1. The van der Waals surface area contributed by atoms with Crippen LogP contribution in [0.5, 0.6) is 11.5 Å². The molecule has 0 bridgehead atoms. The fraction of sp³-hybridized carbons (Fsp3) is 0.400. The third kappa shape index (κ3) is 3.82. The standard InChI is InChI=1S/C20H26N2O2/c1-21-16-6-9-19(20(14-16)23-3)15-4-7-17(8-5-15)24-18-10-12-22(2)13-11-18/h4-9,14,18,21H,10-13H2,1-3H3. The van der Waals surface area contributed by atoms with Crippen molar-refractivity contribution in [2.45, 2.75) is 18.9 Å². The zero-order valence-electron chi connectivity index (χ0n) is 14.7. The van der Waals surface area contributed by atoms with Crippen LogP contribution in [0.25, 0.3) is 11.1 Å². The zero-order valence-corrected chi connectivity index (χ0v) is 14.7. The maximum Gasteiger partial charge on any atom is 0.128 e. The summed E-state index contributed by atoms with van der Waals surface area (Å²) in [4.78, 5) is 2.35. The summed E-state index contributed by atoms with van der Waals surface area (Å²) in [5.41, 5.74) is 3.25. The molecule has 4 nitrogen and oxygen atoms in total. The maximum absolute atomic E-state index is 6.12. The molecular formula is C20H26N2O2. The second-order valence-corrected chi connectivity index (χ2v) is 6.31. The molecule has 2 aromatic rings. The molecule has 4 heteroatoms. The zero-order chi connectivity index (χ0) is 16.9. The number of rotatable bonds is 5. The van der Waals surface area contributed by atoms with E-state index in [2.05, 4.69) is 53.7 Å². The van der Waals surface area contributed by atoms with E-state index in [4.69, 9.17) is 9.47 Å². The Morgan fingerprint density at radius 3 is 2.38 bits per heavy atom. The number of hydrogen-bond acceptors (Lipinski definition) is 4. The summed E-state index contributed by atoms with van der Waals surface area (Å²) < 4.78 is 11.6. The Hall–Kier alpha value is -2.20. The summed E-state index contributed by atoms with van der Waals surface area (Å²) in [5, 5.41) is 3.13. The average Bonchev–Trinajstić information content (AvgIpc) is 2.64. The minimum absolute atomic E-state index is 0.330. The second kappa shape index (κ2) is 7.58. The molecule has 1 saturated heterocycles. The van der Waals surface area contributed by atoms with Gasteiger partial charge in [-0.1, -0.05) is 12.1 Å². The van der Waals surface area contributed by atoms with Gasteiger partial charge in [-0.3, -0.25) is 0 Å². The highest BCUT2D eigenvalue weighted by atomic mass is 16.5. The molecule has 1 aliphatic rings. The number of nitrogens with zero attached hydrogens (tertiary/aromatic N) is 1. The molecule has 0 aliphatic carbocycles. The van der Waals surface area contributed by atoms with Gasteiger partial charge < -0.3 is 19.7 Å². The molecule has 1 heterocycles. The summed E-state index contributed by atoms with van der Waals surface area (Å²) >= 11 is 0. The van der Waals surface area contributed by atoms with Crippen LogP contribution in [0.15, 0.2) is 42.5 Å². The van der Waals surface area contributed by atoms with E-state index in [1.807, 2.05) is 13.1 Å². The molecule has 0 spiro atoms. The maximum atomic E-state index is 6.12. The first kappa shape index (κ1) is 16.7. The van der Waals surface area contributed by atoms with E-state index in [-0.39, 0.29) is 0 Å². The average molecular weight is 326 g/mol. The number of anilines is 1. The summed E-state index contributed by atoms with van der Waals surface area (Å²) in [7, 11) is 5.77. The smallest absolute Gasteiger partial charge is 0.128 e. The van der Waals surface area contributed by atoms with E-state index in [9.17, 15) is 0 Å². The lowest BCUT2D eigenvalue weighted by atomic mass is 10.0. The van der Waals surface area contributed by atoms with E-state index in [1.165, 1.54) is 0 Å². The lowest BCUT2D eigenvalue weighted by molar-refractivity contribution is 0.114. The van der Waals surface area contributed by atoms with Gasteiger partial charge in [0, 0.05) is 37.5 Å². The molecule has 0 atom stereocenters. The Morgan fingerprint density at radius 2 is 1.75 bits per heavy atom. The van der Waals surface area contributed by atoms with Gasteiger partial charge in [0.05, 0.1) is 7.11 Å². The highest BCUT2D eigenvalue weighted by molar-refractivity contribution is 5.73. The Labute approximate surface area is 144 Å². The highest BCUT2D eigenvalue weighted by Gasteiger charge is 2.18. The predicted octanol–water partition coefficient (Wildman–Crippen LogP) is 3.88. The summed E-state index contributed by atoms with van der Waals surface area (Å²) in [6.45, 7) is 2.22. The number of methoxy groups -OCH3 is 1. The molecule has 1 fully saturated rings. The van der Waals surface area contributed by atoms with E-state index in [0.717, 1.165) is 54.2 Å². The van der Waals surface area contributed by atoms with Crippen LogP contribution in [-0.2, 0) is 0 Å². The lowest BCUT2D eigenvalue weighted by Crippen LogP contribution is -2.35. The van der Waals surface area contributed by atoms with Gasteiger partial charge in [-0.05, 0) is 49.7 Å². The molecular weight excluding hydrogens is 300 g/mol. The molecule has 1 N–H and O–H groups in total. The van der Waals surface area contributed by atoms with Crippen LogP contribution in [0.2, 0.25) is 0 Å². The molecule has 0 radical (unpaired) electrons. The van der Waals surface area contributed by atoms with Gasteiger partial charge in [-0.25, -0.2) is 0 Å². The van der Waals surface area contributed by atoms with Crippen molar-refractivity contribution in [1.82, 2.24) is 4.90 Å². The van der Waals surface area contributed by atoms with Crippen LogP contribution in [0.3, 0.4) is 0 Å². The monoisotopic (exact) mass is 326 g/mol. The Bertz CT molecular complexity index is 662. The quantitative estimate of drug-likeness (QED) is 0.904. The fourth-order valence-electron chi connectivity index (χ4n) is 3.09. The Balaban J connectivity index is 1.72. The van der Waals surface area contributed by atoms with Gasteiger partial charge in [-0.2, -0.15) is 0 Å². The fourth-order valence-corrected chi connectivity index (χ4v) is 3.09. The van der Waals surface area contributed by atoms with Crippen molar-refractivity contribution >= 4 is 5.69 Å². The van der Waals surface area contributed by atoms with Gasteiger partial charge in [0.2, 0.25) is 0 Å². The Kier molecular flexibility index (Phi) is 5.26. The molecule has 128 valence electrons.